The van der Waals surface area contributed by atoms with Gasteiger partial charge in [-0.2, -0.15) is 0 Å². The molecule has 0 saturated heterocycles. The van der Waals surface area contributed by atoms with Crippen LogP contribution in [-0.4, -0.2) is 24.2 Å². The van der Waals surface area contributed by atoms with Crippen LogP contribution in [0.3, 0.4) is 0 Å². The van der Waals surface area contributed by atoms with E-state index in [2.05, 4.69) is 23.2 Å². The molecular formula is C23H23NO3. The van der Waals surface area contributed by atoms with Crippen LogP contribution in [0.1, 0.15) is 19.8 Å². The van der Waals surface area contributed by atoms with Crippen molar-refractivity contribution in [2.75, 3.05) is 13.2 Å². The third kappa shape index (κ3) is 5.42. The van der Waals surface area contributed by atoms with Crippen molar-refractivity contribution in [1.82, 2.24) is 4.98 Å². The van der Waals surface area contributed by atoms with E-state index in [-0.39, 0.29) is 5.97 Å². The Balaban J connectivity index is 1.79. The zero-order valence-electron chi connectivity index (χ0n) is 15.4. The number of ether oxygens (including phenoxy) is 2. The quantitative estimate of drug-likeness (QED) is 0.412. The van der Waals surface area contributed by atoms with Gasteiger partial charge < -0.3 is 9.47 Å². The summed E-state index contributed by atoms with van der Waals surface area (Å²) >= 11 is 0. The fourth-order valence-electron chi connectivity index (χ4n) is 2.76. The van der Waals surface area contributed by atoms with E-state index in [4.69, 9.17) is 9.47 Å². The van der Waals surface area contributed by atoms with Gasteiger partial charge in [0.25, 0.3) is 0 Å². The van der Waals surface area contributed by atoms with Crippen LogP contribution in [0.2, 0.25) is 0 Å². The van der Waals surface area contributed by atoms with E-state index < -0.39 is 0 Å². The van der Waals surface area contributed by atoms with Crippen LogP contribution in [0.15, 0.2) is 72.8 Å². The van der Waals surface area contributed by atoms with Crippen LogP contribution >= 0.6 is 0 Å². The number of benzene rings is 2. The molecule has 0 amide bonds. The van der Waals surface area contributed by atoms with Crippen molar-refractivity contribution < 1.29 is 14.3 Å². The number of hydrogen-bond donors (Lipinski definition) is 0. The Labute approximate surface area is 159 Å². The smallest absolute Gasteiger partial charge is 0.305 e. The molecule has 0 aliphatic heterocycles. The highest BCUT2D eigenvalue weighted by Crippen LogP contribution is 2.28. The van der Waals surface area contributed by atoms with E-state index in [0.717, 1.165) is 22.4 Å². The van der Waals surface area contributed by atoms with E-state index in [9.17, 15) is 4.79 Å². The summed E-state index contributed by atoms with van der Waals surface area (Å²) in [4.78, 5) is 16.1. The summed E-state index contributed by atoms with van der Waals surface area (Å²) in [5.74, 6) is 0.358. The summed E-state index contributed by atoms with van der Waals surface area (Å²) in [5.41, 5.74) is 4.04. The van der Waals surface area contributed by atoms with Crippen molar-refractivity contribution in [1.29, 1.82) is 0 Å². The van der Waals surface area contributed by atoms with Crippen molar-refractivity contribution in [3.05, 3.63) is 72.8 Å². The van der Waals surface area contributed by atoms with Crippen molar-refractivity contribution in [3.63, 3.8) is 0 Å². The lowest BCUT2D eigenvalue weighted by Crippen LogP contribution is -2.07. The Bertz CT molecular complexity index is 806. The maximum atomic E-state index is 11.4. The SMILES string of the molecule is CCOC(=O)CCCOc1cc(-c2ccccc2)cc(-c2ccccc2)n1. The molecule has 27 heavy (non-hydrogen) atoms. The van der Waals surface area contributed by atoms with Crippen molar-refractivity contribution in [3.8, 4) is 28.3 Å². The van der Waals surface area contributed by atoms with Crippen molar-refractivity contribution in [2.24, 2.45) is 0 Å². The van der Waals surface area contributed by atoms with Crippen LogP contribution < -0.4 is 4.74 Å². The summed E-state index contributed by atoms with van der Waals surface area (Å²) in [5, 5.41) is 0. The molecule has 3 aromatic rings. The monoisotopic (exact) mass is 361 g/mol. The second-order valence-electron chi connectivity index (χ2n) is 6.07. The molecule has 4 heteroatoms. The van der Waals surface area contributed by atoms with Gasteiger partial charge in [0, 0.05) is 18.1 Å². The Morgan fingerprint density at radius 1 is 0.889 bits per heavy atom. The highest BCUT2D eigenvalue weighted by molar-refractivity contribution is 5.71. The molecule has 0 N–H and O–H groups in total. The predicted molar refractivity (Wildman–Crippen MR) is 106 cm³/mol. The van der Waals surface area contributed by atoms with Gasteiger partial charge in [-0.25, -0.2) is 4.98 Å². The number of carbonyl (C=O) groups is 1. The molecule has 138 valence electrons. The van der Waals surface area contributed by atoms with Gasteiger partial charge in [0.15, 0.2) is 0 Å². The maximum Gasteiger partial charge on any atom is 0.305 e. The second-order valence-corrected chi connectivity index (χ2v) is 6.07. The molecule has 0 radical (unpaired) electrons. The summed E-state index contributed by atoms with van der Waals surface area (Å²) < 4.78 is 10.8. The molecule has 0 saturated carbocycles. The van der Waals surface area contributed by atoms with Gasteiger partial charge >= 0.3 is 5.97 Å². The molecule has 3 rings (SSSR count). The number of pyridine rings is 1. The molecule has 0 aliphatic rings. The third-order valence-electron chi connectivity index (χ3n) is 4.06. The lowest BCUT2D eigenvalue weighted by molar-refractivity contribution is -0.143. The highest BCUT2D eigenvalue weighted by atomic mass is 16.5. The molecule has 2 aromatic carbocycles. The summed E-state index contributed by atoms with van der Waals surface area (Å²) in [6, 6.07) is 24.2. The first-order chi connectivity index (χ1) is 13.3. The number of nitrogens with zero attached hydrogens (tertiary/aromatic N) is 1. The maximum absolute atomic E-state index is 11.4. The molecule has 1 aromatic heterocycles. The van der Waals surface area contributed by atoms with Crippen LogP contribution in [0.5, 0.6) is 5.88 Å². The minimum Gasteiger partial charge on any atom is -0.478 e. The number of esters is 1. The van der Waals surface area contributed by atoms with Gasteiger partial charge in [-0.3, -0.25) is 4.79 Å². The van der Waals surface area contributed by atoms with Crippen LogP contribution in [-0.2, 0) is 9.53 Å². The number of aromatic nitrogens is 1. The minimum atomic E-state index is -0.197. The topological polar surface area (TPSA) is 48.4 Å². The van der Waals surface area contributed by atoms with E-state index in [1.807, 2.05) is 54.6 Å². The summed E-state index contributed by atoms with van der Waals surface area (Å²) in [7, 11) is 0. The predicted octanol–water partition coefficient (Wildman–Crippen LogP) is 5.14. The molecule has 0 spiro atoms. The molecular weight excluding hydrogens is 338 g/mol. The van der Waals surface area contributed by atoms with Gasteiger partial charge in [-0.1, -0.05) is 60.7 Å². The van der Waals surface area contributed by atoms with Gasteiger partial charge in [0.2, 0.25) is 5.88 Å². The Hall–Kier alpha value is -3.14. The molecule has 0 atom stereocenters. The van der Waals surface area contributed by atoms with Gasteiger partial charge in [-0.15, -0.1) is 0 Å². The average Bonchev–Trinajstić information content (AvgIpc) is 2.72. The van der Waals surface area contributed by atoms with Gasteiger partial charge in [0.05, 0.1) is 18.9 Å². The molecule has 0 bridgehead atoms. The first-order valence-electron chi connectivity index (χ1n) is 9.17. The molecule has 0 unspecified atom stereocenters. The first-order valence-corrected chi connectivity index (χ1v) is 9.17. The van der Waals surface area contributed by atoms with E-state index in [0.29, 0.717) is 31.9 Å². The minimum absolute atomic E-state index is 0.197. The Kier molecular flexibility index (Phi) is 6.58. The molecule has 0 aliphatic carbocycles. The lowest BCUT2D eigenvalue weighted by atomic mass is 10.0. The summed E-state index contributed by atoms with van der Waals surface area (Å²) in [6.07, 6.45) is 0.939. The lowest BCUT2D eigenvalue weighted by Gasteiger charge is -2.11. The van der Waals surface area contributed by atoms with E-state index in [1.54, 1.807) is 6.92 Å². The number of carbonyl (C=O) groups excluding carboxylic acids is 1. The average molecular weight is 361 g/mol. The normalized spacial score (nSPS) is 10.4. The zero-order chi connectivity index (χ0) is 18.9. The number of rotatable bonds is 8. The molecule has 4 nitrogen and oxygen atoms in total. The van der Waals surface area contributed by atoms with Crippen LogP contribution in [0.4, 0.5) is 0 Å². The Morgan fingerprint density at radius 3 is 2.22 bits per heavy atom. The fraction of sp³-hybridized carbons (Fsp3) is 0.217. The van der Waals surface area contributed by atoms with E-state index >= 15 is 0 Å². The van der Waals surface area contributed by atoms with E-state index in [1.165, 1.54) is 0 Å². The standard InChI is InChI=1S/C23H23NO3/c1-2-26-23(25)14-9-15-27-22-17-20(18-10-5-3-6-11-18)16-21(24-22)19-12-7-4-8-13-19/h3-8,10-13,16-17H,2,9,14-15H2,1H3. The van der Waals surface area contributed by atoms with Crippen LogP contribution in [0.25, 0.3) is 22.4 Å². The largest absolute Gasteiger partial charge is 0.478 e. The highest BCUT2D eigenvalue weighted by Gasteiger charge is 2.08. The van der Waals surface area contributed by atoms with Gasteiger partial charge in [0.1, 0.15) is 0 Å². The molecule has 0 fully saturated rings. The van der Waals surface area contributed by atoms with Crippen LogP contribution in [0, 0.1) is 0 Å². The Morgan fingerprint density at radius 2 is 1.56 bits per heavy atom. The summed E-state index contributed by atoms with van der Waals surface area (Å²) in [6.45, 7) is 2.62. The van der Waals surface area contributed by atoms with Gasteiger partial charge in [-0.05, 0) is 30.5 Å². The van der Waals surface area contributed by atoms with Crippen molar-refractivity contribution in [2.45, 2.75) is 19.8 Å². The zero-order valence-corrected chi connectivity index (χ0v) is 15.4. The number of hydrogen-bond acceptors (Lipinski definition) is 4. The second kappa shape index (κ2) is 9.53. The first kappa shape index (κ1) is 18.6. The van der Waals surface area contributed by atoms with Crippen molar-refractivity contribution >= 4 is 5.97 Å². The molecule has 1 heterocycles. The third-order valence-corrected chi connectivity index (χ3v) is 4.06. The fourth-order valence-corrected chi connectivity index (χ4v) is 2.76.